The van der Waals surface area contributed by atoms with E-state index in [0.717, 1.165) is 16.6 Å². The van der Waals surface area contributed by atoms with Gasteiger partial charge in [0.05, 0.1) is 10.2 Å². The van der Waals surface area contributed by atoms with Crippen LogP contribution < -0.4 is 5.32 Å². The Balaban J connectivity index is 2.18. The molecule has 102 valence electrons. The van der Waals surface area contributed by atoms with E-state index < -0.39 is 5.38 Å². The number of benzene rings is 1. The van der Waals surface area contributed by atoms with Crippen molar-refractivity contribution in [2.75, 3.05) is 5.32 Å². The van der Waals surface area contributed by atoms with Gasteiger partial charge in [0, 0.05) is 0 Å². The maximum Gasteiger partial charge on any atom is 0.243 e. The third-order valence-electron chi connectivity index (χ3n) is 2.86. The molecule has 0 radical (unpaired) electrons. The van der Waals surface area contributed by atoms with Crippen molar-refractivity contribution in [3.8, 4) is 0 Å². The van der Waals surface area contributed by atoms with Gasteiger partial charge in [0.1, 0.15) is 5.38 Å². The lowest BCUT2D eigenvalue weighted by molar-refractivity contribution is -0.115. The molecule has 1 aromatic carbocycles. The molecule has 1 amide bonds. The number of nitrogens with zero attached hydrogens (tertiary/aromatic N) is 1. The van der Waals surface area contributed by atoms with Gasteiger partial charge in [-0.3, -0.25) is 4.79 Å². The van der Waals surface area contributed by atoms with E-state index in [0.29, 0.717) is 5.13 Å². The summed E-state index contributed by atoms with van der Waals surface area (Å²) >= 11 is 7.21. The van der Waals surface area contributed by atoms with E-state index in [-0.39, 0.29) is 5.91 Å². The van der Waals surface area contributed by atoms with Crippen LogP contribution in [0.15, 0.2) is 18.2 Å². The molecule has 0 saturated carbocycles. The van der Waals surface area contributed by atoms with Crippen molar-refractivity contribution in [2.24, 2.45) is 0 Å². The summed E-state index contributed by atoms with van der Waals surface area (Å²) in [5.41, 5.74) is 2.24. The highest BCUT2D eigenvalue weighted by molar-refractivity contribution is 7.22. The maximum atomic E-state index is 11.5. The largest absolute Gasteiger partial charge is 0.301 e. The van der Waals surface area contributed by atoms with Gasteiger partial charge in [-0.2, -0.15) is 0 Å². The van der Waals surface area contributed by atoms with E-state index in [1.54, 1.807) is 6.92 Å². The van der Waals surface area contributed by atoms with E-state index >= 15 is 0 Å². The van der Waals surface area contributed by atoms with Gasteiger partial charge < -0.3 is 5.32 Å². The molecule has 0 bridgehead atoms. The molecule has 0 aliphatic heterocycles. The number of halogens is 1. The predicted octanol–water partition coefficient (Wildman–Crippen LogP) is 4.20. The minimum absolute atomic E-state index is 0.216. The van der Waals surface area contributed by atoms with Gasteiger partial charge in [-0.05, 0) is 37.5 Å². The van der Waals surface area contributed by atoms with Gasteiger partial charge in [0.2, 0.25) is 5.91 Å². The molecule has 1 atom stereocenters. The highest BCUT2D eigenvalue weighted by Crippen LogP contribution is 2.27. The fourth-order valence-electron chi connectivity index (χ4n) is 1.76. The number of anilines is 1. The van der Waals surface area contributed by atoms with Crippen molar-refractivity contribution < 1.29 is 4.79 Å². The van der Waals surface area contributed by atoms with Gasteiger partial charge in [0.25, 0.3) is 0 Å². The quantitative estimate of drug-likeness (QED) is 0.840. The van der Waals surface area contributed by atoms with Crippen LogP contribution in [0.1, 0.15) is 32.3 Å². The Morgan fingerprint density at radius 1 is 1.53 bits per heavy atom. The molecule has 1 heterocycles. The molecule has 1 N–H and O–H groups in total. The predicted molar refractivity (Wildman–Crippen MR) is 82.2 cm³/mol. The molecular weight excluding hydrogens is 280 g/mol. The molecule has 0 aliphatic rings. The molecule has 2 aromatic rings. The van der Waals surface area contributed by atoms with Crippen LogP contribution in [-0.2, 0) is 11.2 Å². The van der Waals surface area contributed by atoms with E-state index in [9.17, 15) is 4.79 Å². The Morgan fingerprint density at radius 3 is 3.00 bits per heavy atom. The summed E-state index contributed by atoms with van der Waals surface area (Å²) in [5, 5.41) is 2.79. The van der Waals surface area contributed by atoms with Crippen LogP contribution >= 0.6 is 22.9 Å². The zero-order chi connectivity index (χ0) is 13.8. The summed E-state index contributed by atoms with van der Waals surface area (Å²) in [6.07, 6.45) is 3.47. The monoisotopic (exact) mass is 296 g/mol. The van der Waals surface area contributed by atoms with Crippen LogP contribution in [0.3, 0.4) is 0 Å². The summed E-state index contributed by atoms with van der Waals surface area (Å²) in [7, 11) is 0. The molecule has 3 nitrogen and oxygen atoms in total. The number of aromatic nitrogens is 1. The molecule has 0 fully saturated rings. The Hall–Kier alpha value is -1.13. The van der Waals surface area contributed by atoms with Crippen molar-refractivity contribution >= 4 is 44.2 Å². The fraction of sp³-hybridized carbons (Fsp3) is 0.429. The maximum absolute atomic E-state index is 11.5. The van der Waals surface area contributed by atoms with Crippen LogP contribution in [0.5, 0.6) is 0 Å². The first-order valence-corrected chi connectivity index (χ1v) is 7.70. The number of hydrogen-bond acceptors (Lipinski definition) is 3. The third-order valence-corrected chi connectivity index (χ3v) is 4.00. The van der Waals surface area contributed by atoms with E-state index in [1.165, 1.54) is 29.7 Å². The fourth-order valence-corrected chi connectivity index (χ4v) is 2.75. The highest BCUT2D eigenvalue weighted by atomic mass is 35.5. The number of carbonyl (C=O) groups excluding carboxylic acids is 1. The SMILES string of the molecule is CCCCc1ccc2nc(NC(=O)[C@H](C)Cl)sc2c1. The topological polar surface area (TPSA) is 42.0 Å². The third kappa shape index (κ3) is 3.67. The minimum Gasteiger partial charge on any atom is -0.301 e. The van der Waals surface area contributed by atoms with Crippen molar-refractivity contribution in [3.05, 3.63) is 23.8 Å². The van der Waals surface area contributed by atoms with E-state index in [1.807, 2.05) is 6.07 Å². The summed E-state index contributed by atoms with van der Waals surface area (Å²) in [5.74, 6) is -0.216. The number of hydrogen-bond donors (Lipinski definition) is 1. The first-order chi connectivity index (χ1) is 9.10. The lowest BCUT2D eigenvalue weighted by atomic mass is 10.1. The lowest BCUT2D eigenvalue weighted by Crippen LogP contribution is -2.19. The van der Waals surface area contributed by atoms with Crippen LogP contribution in [0.2, 0.25) is 0 Å². The van der Waals surface area contributed by atoms with Crippen LogP contribution in [-0.4, -0.2) is 16.3 Å². The number of rotatable bonds is 5. The van der Waals surface area contributed by atoms with Crippen LogP contribution in [0.4, 0.5) is 5.13 Å². The first kappa shape index (κ1) is 14.3. The van der Waals surface area contributed by atoms with E-state index in [4.69, 9.17) is 11.6 Å². The van der Waals surface area contributed by atoms with Gasteiger partial charge in [0.15, 0.2) is 5.13 Å². The zero-order valence-corrected chi connectivity index (χ0v) is 12.6. The number of carbonyl (C=O) groups is 1. The van der Waals surface area contributed by atoms with Crippen molar-refractivity contribution in [2.45, 2.75) is 38.5 Å². The molecule has 5 heteroatoms. The minimum atomic E-state index is -0.549. The van der Waals surface area contributed by atoms with E-state index in [2.05, 4.69) is 29.4 Å². The molecule has 0 unspecified atom stereocenters. The van der Waals surface area contributed by atoms with Gasteiger partial charge >= 0.3 is 0 Å². The van der Waals surface area contributed by atoms with Crippen LogP contribution in [0.25, 0.3) is 10.2 Å². The second kappa shape index (κ2) is 6.35. The Kier molecular flexibility index (Phi) is 4.77. The summed E-state index contributed by atoms with van der Waals surface area (Å²) in [4.78, 5) is 15.9. The number of unbranched alkanes of at least 4 members (excludes halogenated alkanes) is 1. The Bertz CT molecular complexity index is 580. The van der Waals surface area contributed by atoms with Gasteiger partial charge in [-0.1, -0.05) is 30.7 Å². The Morgan fingerprint density at radius 2 is 2.32 bits per heavy atom. The summed E-state index contributed by atoms with van der Waals surface area (Å²) in [6, 6.07) is 6.27. The second-order valence-electron chi connectivity index (χ2n) is 4.53. The molecule has 2 rings (SSSR count). The molecule has 0 saturated heterocycles. The highest BCUT2D eigenvalue weighted by Gasteiger charge is 2.12. The number of aryl methyl sites for hydroxylation is 1. The molecular formula is C14H17ClN2OS. The molecule has 1 aromatic heterocycles. The number of nitrogens with one attached hydrogen (secondary N) is 1. The molecule has 19 heavy (non-hydrogen) atoms. The normalized spacial score (nSPS) is 12.6. The van der Waals surface area contributed by atoms with Gasteiger partial charge in [-0.15, -0.1) is 11.6 Å². The average Bonchev–Trinajstić information content (AvgIpc) is 2.77. The van der Waals surface area contributed by atoms with Crippen molar-refractivity contribution in [1.29, 1.82) is 0 Å². The van der Waals surface area contributed by atoms with Crippen molar-refractivity contribution in [1.82, 2.24) is 4.98 Å². The lowest BCUT2D eigenvalue weighted by Gasteiger charge is -2.01. The number of fused-ring (bicyclic) bond motifs is 1. The first-order valence-electron chi connectivity index (χ1n) is 6.44. The van der Waals surface area contributed by atoms with Crippen molar-refractivity contribution in [3.63, 3.8) is 0 Å². The van der Waals surface area contributed by atoms with Crippen LogP contribution in [0, 0.1) is 0 Å². The number of thiazole rings is 1. The zero-order valence-electron chi connectivity index (χ0n) is 11.1. The average molecular weight is 297 g/mol. The number of amides is 1. The second-order valence-corrected chi connectivity index (χ2v) is 6.22. The smallest absolute Gasteiger partial charge is 0.243 e. The summed E-state index contributed by atoms with van der Waals surface area (Å²) < 4.78 is 1.10. The number of alkyl halides is 1. The molecule has 0 aliphatic carbocycles. The molecule has 0 spiro atoms. The standard InChI is InChI=1S/C14H17ClN2OS/c1-3-4-5-10-6-7-11-12(8-10)19-14(16-11)17-13(18)9(2)15/h6-9H,3-5H2,1-2H3,(H,16,17,18)/t9-/m0/s1. The van der Waals surface area contributed by atoms with Gasteiger partial charge in [-0.25, -0.2) is 4.98 Å². The summed E-state index contributed by atoms with van der Waals surface area (Å²) in [6.45, 7) is 3.83. The Labute approximate surface area is 122 Å².